The number of rotatable bonds is 2. The Bertz CT molecular complexity index is 289. The SMILES string of the molecule is Cc1nc(CN2CCN(C)CC2)cs1. The molecule has 1 aromatic rings. The quantitative estimate of drug-likeness (QED) is 0.733. The van der Waals surface area contributed by atoms with Gasteiger partial charge in [-0.25, -0.2) is 4.98 Å². The first-order valence-electron chi connectivity index (χ1n) is 5.06. The van der Waals surface area contributed by atoms with Gasteiger partial charge in [0.2, 0.25) is 0 Å². The van der Waals surface area contributed by atoms with Crippen molar-refractivity contribution >= 4 is 11.3 Å². The van der Waals surface area contributed by atoms with E-state index in [1.54, 1.807) is 11.3 Å². The van der Waals surface area contributed by atoms with Crippen LogP contribution in [0.25, 0.3) is 0 Å². The van der Waals surface area contributed by atoms with Gasteiger partial charge in [-0.2, -0.15) is 0 Å². The zero-order valence-electron chi connectivity index (χ0n) is 8.86. The van der Waals surface area contributed by atoms with Gasteiger partial charge in [-0.3, -0.25) is 4.90 Å². The van der Waals surface area contributed by atoms with Crippen LogP contribution in [-0.2, 0) is 6.54 Å². The third-order valence-electron chi connectivity index (χ3n) is 2.65. The number of hydrogen-bond acceptors (Lipinski definition) is 4. The zero-order chi connectivity index (χ0) is 9.97. The molecule has 2 rings (SSSR count). The van der Waals surface area contributed by atoms with Gasteiger partial charge in [-0.15, -0.1) is 11.3 Å². The van der Waals surface area contributed by atoms with Crippen LogP contribution in [0.2, 0.25) is 0 Å². The number of aromatic nitrogens is 1. The minimum Gasteiger partial charge on any atom is -0.304 e. The maximum atomic E-state index is 4.49. The van der Waals surface area contributed by atoms with E-state index in [9.17, 15) is 0 Å². The van der Waals surface area contributed by atoms with Crippen molar-refractivity contribution in [2.24, 2.45) is 0 Å². The van der Waals surface area contributed by atoms with Gasteiger partial charge < -0.3 is 4.90 Å². The second-order valence-electron chi connectivity index (χ2n) is 3.94. The molecule has 1 saturated heterocycles. The molecule has 0 bridgehead atoms. The average molecular weight is 211 g/mol. The Balaban J connectivity index is 1.86. The van der Waals surface area contributed by atoms with Crippen LogP contribution in [-0.4, -0.2) is 48.0 Å². The van der Waals surface area contributed by atoms with Crippen LogP contribution in [0.4, 0.5) is 0 Å². The van der Waals surface area contributed by atoms with E-state index in [0.29, 0.717) is 0 Å². The third-order valence-corrected chi connectivity index (χ3v) is 3.47. The van der Waals surface area contributed by atoms with E-state index >= 15 is 0 Å². The van der Waals surface area contributed by atoms with Gasteiger partial charge in [0.15, 0.2) is 0 Å². The molecule has 0 N–H and O–H groups in total. The molecule has 1 fully saturated rings. The van der Waals surface area contributed by atoms with E-state index in [-0.39, 0.29) is 0 Å². The smallest absolute Gasteiger partial charge is 0.0897 e. The summed E-state index contributed by atoms with van der Waals surface area (Å²) in [7, 11) is 2.18. The lowest BCUT2D eigenvalue weighted by Crippen LogP contribution is -2.43. The fourth-order valence-corrected chi connectivity index (χ4v) is 2.32. The molecule has 0 amide bonds. The number of likely N-dealkylation sites (N-methyl/N-ethyl adjacent to an activating group) is 1. The highest BCUT2D eigenvalue weighted by Crippen LogP contribution is 2.11. The number of piperazine rings is 1. The van der Waals surface area contributed by atoms with Crippen LogP contribution in [0, 0.1) is 6.92 Å². The fraction of sp³-hybridized carbons (Fsp3) is 0.700. The van der Waals surface area contributed by atoms with Crippen LogP contribution in [0.3, 0.4) is 0 Å². The summed E-state index contributed by atoms with van der Waals surface area (Å²) in [4.78, 5) is 9.35. The molecule has 0 spiro atoms. The number of aryl methyl sites for hydroxylation is 1. The molecule has 2 heterocycles. The lowest BCUT2D eigenvalue weighted by atomic mass is 10.3. The monoisotopic (exact) mass is 211 g/mol. The highest BCUT2D eigenvalue weighted by molar-refractivity contribution is 7.09. The van der Waals surface area contributed by atoms with Gasteiger partial charge in [-0.05, 0) is 14.0 Å². The Labute approximate surface area is 89.4 Å². The second-order valence-corrected chi connectivity index (χ2v) is 5.00. The van der Waals surface area contributed by atoms with Crippen LogP contribution < -0.4 is 0 Å². The van der Waals surface area contributed by atoms with E-state index in [1.165, 1.54) is 36.9 Å². The molecule has 1 aliphatic heterocycles. The summed E-state index contributed by atoms with van der Waals surface area (Å²) in [6.07, 6.45) is 0. The summed E-state index contributed by atoms with van der Waals surface area (Å²) in [6, 6.07) is 0. The van der Waals surface area contributed by atoms with Crippen LogP contribution in [0.5, 0.6) is 0 Å². The maximum Gasteiger partial charge on any atom is 0.0897 e. The Morgan fingerprint density at radius 1 is 1.36 bits per heavy atom. The Hall–Kier alpha value is -0.450. The molecule has 0 unspecified atom stereocenters. The number of nitrogens with zero attached hydrogens (tertiary/aromatic N) is 3. The molecule has 4 heteroatoms. The first-order chi connectivity index (χ1) is 6.74. The van der Waals surface area contributed by atoms with Gasteiger partial charge in [0.1, 0.15) is 0 Å². The summed E-state index contributed by atoms with van der Waals surface area (Å²) in [5.74, 6) is 0. The van der Waals surface area contributed by atoms with Crippen molar-refractivity contribution in [3.8, 4) is 0 Å². The fourth-order valence-electron chi connectivity index (χ4n) is 1.72. The van der Waals surface area contributed by atoms with E-state index in [1.807, 2.05) is 0 Å². The van der Waals surface area contributed by atoms with Gasteiger partial charge in [0.05, 0.1) is 10.7 Å². The highest BCUT2D eigenvalue weighted by atomic mass is 32.1. The molecule has 1 aliphatic rings. The number of hydrogen-bond donors (Lipinski definition) is 0. The van der Waals surface area contributed by atoms with E-state index in [0.717, 1.165) is 6.54 Å². The van der Waals surface area contributed by atoms with Crippen LogP contribution in [0.15, 0.2) is 5.38 Å². The molecule has 1 aromatic heterocycles. The van der Waals surface area contributed by atoms with E-state index < -0.39 is 0 Å². The highest BCUT2D eigenvalue weighted by Gasteiger charge is 2.14. The van der Waals surface area contributed by atoms with Crippen LogP contribution in [0.1, 0.15) is 10.7 Å². The second kappa shape index (κ2) is 4.38. The van der Waals surface area contributed by atoms with Crippen molar-refractivity contribution in [2.45, 2.75) is 13.5 Å². The average Bonchev–Trinajstić information content (AvgIpc) is 2.56. The molecule has 0 atom stereocenters. The molecular weight excluding hydrogens is 194 g/mol. The van der Waals surface area contributed by atoms with Crippen molar-refractivity contribution < 1.29 is 0 Å². The summed E-state index contributed by atoms with van der Waals surface area (Å²) < 4.78 is 0. The minimum absolute atomic E-state index is 1.03. The lowest BCUT2D eigenvalue weighted by Gasteiger charge is -2.31. The molecule has 3 nitrogen and oxygen atoms in total. The maximum absolute atomic E-state index is 4.49. The van der Waals surface area contributed by atoms with Crippen molar-refractivity contribution in [3.05, 3.63) is 16.1 Å². The minimum atomic E-state index is 1.03. The molecule has 0 aliphatic carbocycles. The molecule has 0 radical (unpaired) electrons. The summed E-state index contributed by atoms with van der Waals surface area (Å²) >= 11 is 1.75. The van der Waals surface area contributed by atoms with E-state index in [2.05, 4.69) is 34.1 Å². The summed E-state index contributed by atoms with van der Waals surface area (Å²) in [5.41, 5.74) is 1.23. The number of thiazole rings is 1. The van der Waals surface area contributed by atoms with Crippen molar-refractivity contribution in [1.29, 1.82) is 0 Å². The molecule has 14 heavy (non-hydrogen) atoms. The Kier molecular flexibility index (Phi) is 3.15. The van der Waals surface area contributed by atoms with Gasteiger partial charge in [0, 0.05) is 38.1 Å². The first kappa shape index (κ1) is 10.1. The normalized spacial score (nSPS) is 20.1. The van der Waals surface area contributed by atoms with E-state index in [4.69, 9.17) is 0 Å². The Morgan fingerprint density at radius 3 is 2.64 bits per heavy atom. The topological polar surface area (TPSA) is 19.4 Å². The molecular formula is C10H17N3S. The van der Waals surface area contributed by atoms with Gasteiger partial charge in [0.25, 0.3) is 0 Å². The zero-order valence-corrected chi connectivity index (χ0v) is 9.68. The van der Waals surface area contributed by atoms with Crippen molar-refractivity contribution in [1.82, 2.24) is 14.8 Å². The summed E-state index contributed by atoms with van der Waals surface area (Å²) in [6.45, 7) is 7.81. The van der Waals surface area contributed by atoms with Gasteiger partial charge in [-0.1, -0.05) is 0 Å². The largest absolute Gasteiger partial charge is 0.304 e. The van der Waals surface area contributed by atoms with Gasteiger partial charge >= 0.3 is 0 Å². The molecule has 0 aromatic carbocycles. The van der Waals surface area contributed by atoms with Crippen LogP contribution >= 0.6 is 11.3 Å². The third kappa shape index (κ3) is 2.53. The predicted octanol–water partition coefficient (Wildman–Crippen LogP) is 1.20. The predicted molar refractivity (Wildman–Crippen MR) is 59.6 cm³/mol. The van der Waals surface area contributed by atoms with Crippen molar-refractivity contribution in [3.63, 3.8) is 0 Å². The first-order valence-corrected chi connectivity index (χ1v) is 5.94. The lowest BCUT2D eigenvalue weighted by molar-refractivity contribution is 0.147. The summed E-state index contributed by atoms with van der Waals surface area (Å²) in [5, 5.41) is 3.35. The van der Waals surface area contributed by atoms with Crippen molar-refractivity contribution in [2.75, 3.05) is 33.2 Å². The Morgan fingerprint density at radius 2 is 2.07 bits per heavy atom. The standard InChI is InChI=1S/C10H17N3S/c1-9-11-10(8-14-9)7-13-5-3-12(2)4-6-13/h8H,3-7H2,1-2H3. The molecule has 78 valence electrons. The molecule has 0 saturated carbocycles.